The molecule has 1 aliphatic rings. The predicted octanol–water partition coefficient (Wildman–Crippen LogP) is 5.64. The number of hydrogen-bond acceptors (Lipinski definition) is 5. The normalized spacial score (nSPS) is 18.5. The van der Waals surface area contributed by atoms with Crippen LogP contribution in [-0.2, 0) is 0 Å². The van der Waals surface area contributed by atoms with Crippen LogP contribution in [0.25, 0.3) is 22.4 Å². The van der Waals surface area contributed by atoms with Gasteiger partial charge in [0.25, 0.3) is 11.8 Å². The fourth-order valence-corrected chi connectivity index (χ4v) is 4.56. The molecule has 4 aromatic rings. The van der Waals surface area contributed by atoms with Gasteiger partial charge >= 0.3 is 0 Å². The zero-order valence-electron chi connectivity index (χ0n) is 17.5. The first-order valence-corrected chi connectivity index (χ1v) is 11.3. The molecule has 1 fully saturated rings. The summed E-state index contributed by atoms with van der Waals surface area (Å²) < 4.78 is 6.05. The van der Waals surface area contributed by atoms with Crippen LogP contribution in [0.15, 0.2) is 65.2 Å². The van der Waals surface area contributed by atoms with E-state index in [4.69, 9.17) is 16.0 Å². The van der Waals surface area contributed by atoms with Crippen LogP contribution < -0.4 is 5.32 Å². The molecule has 0 radical (unpaired) electrons. The summed E-state index contributed by atoms with van der Waals surface area (Å²) in [4.78, 5) is 16.8. The number of carbonyl (C=O) groups excluding carboxylic acids is 1. The number of hydrogen-bond donors (Lipinski definition) is 1. The van der Waals surface area contributed by atoms with Gasteiger partial charge in [-0.15, -0.1) is 10.2 Å². The van der Waals surface area contributed by atoms with Crippen LogP contribution in [0.1, 0.15) is 47.8 Å². The summed E-state index contributed by atoms with van der Waals surface area (Å²) in [6.07, 6.45) is 5.70. The Morgan fingerprint density at radius 3 is 2.72 bits per heavy atom. The Labute approximate surface area is 191 Å². The van der Waals surface area contributed by atoms with E-state index in [1.54, 1.807) is 30.5 Å². The van der Waals surface area contributed by atoms with Crippen molar-refractivity contribution < 1.29 is 9.21 Å². The minimum absolute atomic E-state index is 0.0845. The van der Waals surface area contributed by atoms with Gasteiger partial charge in [0.15, 0.2) is 0 Å². The molecule has 1 aliphatic carbocycles. The van der Waals surface area contributed by atoms with Crippen LogP contribution in [-0.4, -0.2) is 27.6 Å². The van der Waals surface area contributed by atoms with E-state index in [0.29, 0.717) is 34.8 Å². The van der Waals surface area contributed by atoms with Gasteiger partial charge < -0.3 is 9.73 Å². The number of rotatable bonds is 5. The molecule has 5 rings (SSSR count). The number of aromatic nitrogens is 3. The van der Waals surface area contributed by atoms with Gasteiger partial charge in [0.05, 0.1) is 0 Å². The molecule has 2 heterocycles. The number of nitrogens with zero attached hydrogens (tertiary/aromatic N) is 3. The Kier molecular flexibility index (Phi) is 5.86. The lowest BCUT2D eigenvalue weighted by atomic mass is 9.82. The van der Waals surface area contributed by atoms with E-state index < -0.39 is 0 Å². The van der Waals surface area contributed by atoms with E-state index in [0.717, 1.165) is 42.1 Å². The predicted molar refractivity (Wildman–Crippen MR) is 124 cm³/mol. The Balaban J connectivity index is 1.19. The average molecular weight is 447 g/mol. The molecule has 0 aliphatic heterocycles. The summed E-state index contributed by atoms with van der Waals surface area (Å²) >= 11 is 5.98. The maximum Gasteiger partial charge on any atom is 0.266 e. The van der Waals surface area contributed by atoms with Crippen molar-refractivity contribution in [2.45, 2.75) is 31.6 Å². The smallest absolute Gasteiger partial charge is 0.266 e. The Morgan fingerprint density at radius 1 is 1.03 bits per heavy atom. The van der Waals surface area contributed by atoms with Gasteiger partial charge in [-0.1, -0.05) is 41.9 Å². The summed E-state index contributed by atoms with van der Waals surface area (Å²) in [5.41, 5.74) is 1.31. The van der Waals surface area contributed by atoms with Crippen molar-refractivity contribution in [3.63, 3.8) is 0 Å². The highest BCUT2D eigenvalue weighted by Crippen LogP contribution is 2.36. The first kappa shape index (κ1) is 20.6. The Morgan fingerprint density at radius 2 is 1.88 bits per heavy atom. The van der Waals surface area contributed by atoms with E-state index in [1.807, 2.05) is 30.3 Å². The molecule has 0 unspecified atom stereocenters. The molecule has 32 heavy (non-hydrogen) atoms. The minimum Gasteiger partial charge on any atom is -0.419 e. The quantitative estimate of drug-likeness (QED) is 0.429. The molecular weight excluding hydrogens is 424 g/mol. The van der Waals surface area contributed by atoms with Crippen molar-refractivity contribution in [2.75, 3.05) is 6.54 Å². The number of benzene rings is 2. The molecule has 0 saturated heterocycles. The number of halogens is 1. The van der Waals surface area contributed by atoms with Gasteiger partial charge in [-0.25, -0.2) is 0 Å². The summed E-state index contributed by atoms with van der Waals surface area (Å²) in [5.74, 6) is 1.74. The van der Waals surface area contributed by atoms with E-state index in [1.165, 1.54) is 0 Å². The second-order valence-corrected chi connectivity index (χ2v) is 8.70. The Hall–Kier alpha value is -3.25. The largest absolute Gasteiger partial charge is 0.419 e. The summed E-state index contributed by atoms with van der Waals surface area (Å²) in [5, 5.41) is 14.3. The molecular formula is C25H23ClN4O2. The van der Waals surface area contributed by atoms with Gasteiger partial charge in [0, 0.05) is 34.6 Å². The summed E-state index contributed by atoms with van der Waals surface area (Å²) in [6.45, 7) is 0.660. The minimum atomic E-state index is -0.0845. The number of fused-ring (bicyclic) bond motifs is 1. The number of nitrogens with one attached hydrogen (secondary N) is 1. The van der Waals surface area contributed by atoms with Crippen molar-refractivity contribution in [2.24, 2.45) is 5.92 Å². The lowest BCUT2D eigenvalue weighted by molar-refractivity contribution is 0.0942. The molecule has 0 bridgehead atoms. The summed E-state index contributed by atoms with van der Waals surface area (Å²) in [6, 6.07) is 17.0. The number of carbonyl (C=O) groups is 1. The van der Waals surface area contributed by atoms with E-state index in [-0.39, 0.29) is 11.8 Å². The van der Waals surface area contributed by atoms with Gasteiger partial charge in [-0.05, 0) is 61.3 Å². The first-order chi connectivity index (χ1) is 15.7. The molecule has 2 aromatic heterocycles. The monoisotopic (exact) mass is 446 g/mol. The Bertz CT molecular complexity index is 1240. The summed E-state index contributed by atoms with van der Waals surface area (Å²) in [7, 11) is 0. The van der Waals surface area contributed by atoms with Gasteiger partial charge in [0.1, 0.15) is 5.69 Å². The van der Waals surface area contributed by atoms with Crippen molar-refractivity contribution >= 4 is 28.3 Å². The second-order valence-electron chi connectivity index (χ2n) is 8.26. The molecule has 1 amide bonds. The molecule has 1 saturated carbocycles. The topological polar surface area (TPSA) is 80.9 Å². The van der Waals surface area contributed by atoms with Crippen LogP contribution in [0, 0.1) is 5.92 Å². The van der Waals surface area contributed by atoms with Crippen molar-refractivity contribution in [3.8, 4) is 11.6 Å². The molecule has 7 heteroatoms. The third-order valence-corrected chi connectivity index (χ3v) is 6.39. The van der Waals surface area contributed by atoms with Crippen LogP contribution in [0.2, 0.25) is 5.02 Å². The maximum absolute atomic E-state index is 12.3. The van der Waals surface area contributed by atoms with Crippen LogP contribution in [0.4, 0.5) is 0 Å². The fraction of sp³-hybridized carbons (Fsp3) is 0.280. The molecule has 6 nitrogen and oxygen atoms in total. The van der Waals surface area contributed by atoms with Crippen molar-refractivity contribution in [3.05, 3.63) is 77.3 Å². The van der Waals surface area contributed by atoms with Crippen LogP contribution in [0.3, 0.4) is 0 Å². The average Bonchev–Trinajstić information content (AvgIpc) is 3.32. The van der Waals surface area contributed by atoms with Crippen molar-refractivity contribution in [1.29, 1.82) is 0 Å². The first-order valence-electron chi connectivity index (χ1n) is 10.9. The van der Waals surface area contributed by atoms with Gasteiger partial charge in [-0.2, -0.15) is 0 Å². The second kappa shape index (κ2) is 9.09. The molecule has 2 aromatic carbocycles. The zero-order valence-corrected chi connectivity index (χ0v) is 18.3. The lowest BCUT2D eigenvalue weighted by Crippen LogP contribution is -2.31. The third kappa shape index (κ3) is 4.36. The highest BCUT2D eigenvalue weighted by Gasteiger charge is 2.27. The standard InChI is InChI=1S/C25H23ClN4O2/c26-20-6-3-5-19(14-20)23(31)28-15-16-8-10-18(11-9-16)24-29-30-25(32-24)22-21-7-2-1-4-17(21)12-13-27-22/h1-7,12-14,16,18H,8-11,15H2,(H,28,31). The van der Waals surface area contributed by atoms with Gasteiger partial charge in [-0.3, -0.25) is 9.78 Å². The zero-order chi connectivity index (χ0) is 21.9. The molecule has 162 valence electrons. The SMILES string of the molecule is O=C(NCC1CCC(c2nnc(-c3nccc4ccccc34)o2)CC1)c1cccc(Cl)c1. The number of amides is 1. The lowest BCUT2D eigenvalue weighted by Gasteiger charge is -2.26. The van der Waals surface area contributed by atoms with Crippen molar-refractivity contribution in [1.82, 2.24) is 20.5 Å². The molecule has 0 spiro atoms. The fourth-order valence-electron chi connectivity index (χ4n) is 4.37. The van der Waals surface area contributed by atoms with E-state index >= 15 is 0 Å². The van der Waals surface area contributed by atoms with Gasteiger partial charge in [0.2, 0.25) is 5.89 Å². The highest BCUT2D eigenvalue weighted by atomic mass is 35.5. The highest BCUT2D eigenvalue weighted by molar-refractivity contribution is 6.30. The van der Waals surface area contributed by atoms with E-state index in [9.17, 15) is 4.79 Å². The molecule has 1 N–H and O–H groups in total. The maximum atomic E-state index is 12.3. The van der Waals surface area contributed by atoms with Crippen LogP contribution >= 0.6 is 11.6 Å². The number of pyridine rings is 1. The van der Waals surface area contributed by atoms with Crippen LogP contribution in [0.5, 0.6) is 0 Å². The third-order valence-electron chi connectivity index (χ3n) is 6.15. The van der Waals surface area contributed by atoms with E-state index in [2.05, 4.69) is 20.5 Å². The molecule has 0 atom stereocenters.